The van der Waals surface area contributed by atoms with Crippen LogP contribution in [0.4, 0.5) is 8.78 Å². The molecule has 0 aromatic rings. The van der Waals surface area contributed by atoms with E-state index in [0.717, 1.165) is 13.0 Å². The molecular formula is C10H16F2N2O. The van der Waals surface area contributed by atoms with Crippen LogP contribution in [0.25, 0.3) is 0 Å². The van der Waals surface area contributed by atoms with Gasteiger partial charge in [-0.3, -0.25) is 4.79 Å². The Labute approximate surface area is 87.8 Å². The molecular weight excluding hydrogens is 202 g/mol. The highest BCUT2D eigenvalue weighted by molar-refractivity contribution is 5.79. The van der Waals surface area contributed by atoms with Crippen molar-refractivity contribution in [3.05, 3.63) is 0 Å². The molecule has 0 radical (unpaired) electrons. The third-order valence-corrected chi connectivity index (χ3v) is 3.22. The van der Waals surface area contributed by atoms with Gasteiger partial charge in [0.1, 0.15) is 0 Å². The molecule has 0 bridgehead atoms. The average Bonchev–Trinajstić information content (AvgIpc) is 2.69. The fourth-order valence-corrected chi connectivity index (χ4v) is 2.18. The smallest absolute Gasteiger partial charge is 0.251 e. The molecule has 2 aliphatic rings. The Morgan fingerprint density at radius 2 is 2.00 bits per heavy atom. The van der Waals surface area contributed by atoms with Gasteiger partial charge in [-0.15, -0.1) is 0 Å². The van der Waals surface area contributed by atoms with Crippen molar-refractivity contribution in [2.45, 2.75) is 25.2 Å². The second-order valence-electron chi connectivity index (χ2n) is 4.37. The van der Waals surface area contributed by atoms with Crippen molar-refractivity contribution < 1.29 is 13.6 Å². The van der Waals surface area contributed by atoms with E-state index in [9.17, 15) is 13.6 Å². The maximum Gasteiger partial charge on any atom is 0.251 e. The predicted molar refractivity (Wildman–Crippen MR) is 51.7 cm³/mol. The summed E-state index contributed by atoms with van der Waals surface area (Å²) in [6, 6.07) is 0. The van der Waals surface area contributed by atoms with Crippen LogP contribution in [0.1, 0.15) is 19.3 Å². The number of halogens is 2. The van der Waals surface area contributed by atoms with E-state index < -0.39 is 5.92 Å². The van der Waals surface area contributed by atoms with Gasteiger partial charge in [-0.2, -0.15) is 0 Å². The molecule has 15 heavy (non-hydrogen) atoms. The normalized spacial score (nSPS) is 30.5. The molecule has 3 nitrogen and oxygen atoms in total. The Morgan fingerprint density at radius 3 is 2.53 bits per heavy atom. The fourth-order valence-electron chi connectivity index (χ4n) is 2.18. The third kappa shape index (κ3) is 2.45. The van der Waals surface area contributed by atoms with E-state index in [4.69, 9.17) is 0 Å². The fraction of sp³-hybridized carbons (Fsp3) is 0.900. The topological polar surface area (TPSA) is 32.3 Å². The highest BCUT2D eigenvalue weighted by Gasteiger charge is 2.37. The number of likely N-dealkylation sites (tertiary alicyclic amines) is 1. The molecule has 2 fully saturated rings. The lowest BCUT2D eigenvalue weighted by Gasteiger charge is -2.33. The molecule has 2 aliphatic heterocycles. The Kier molecular flexibility index (Phi) is 2.91. The Morgan fingerprint density at radius 1 is 1.33 bits per heavy atom. The van der Waals surface area contributed by atoms with Gasteiger partial charge in [0.15, 0.2) is 0 Å². The monoisotopic (exact) mass is 218 g/mol. The summed E-state index contributed by atoms with van der Waals surface area (Å²) >= 11 is 0. The van der Waals surface area contributed by atoms with Crippen molar-refractivity contribution in [3.8, 4) is 0 Å². The van der Waals surface area contributed by atoms with Gasteiger partial charge < -0.3 is 10.2 Å². The van der Waals surface area contributed by atoms with Crippen LogP contribution < -0.4 is 5.32 Å². The largest absolute Gasteiger partial charge is 0.342 e. The van der Waals surface area contributed by atoms with Crippen LogP contribution in [0.5, 0.6) is 0 Å². The summed E-state index contributed by atoms with van der Waals surface area (Å²) < 4.78 is 25.7. The van der Waals surface area contributed by atoms with E-state index in [-0.39, 0.29) is 37.8 Å². The molecule has 5 heteroatoms. The van der Waals surface area contributed by atoms with Gasteiger partial charge in [0.05, 0.1) is 5.92 Å². The van der Waals surface area contributed by atoms with Gasteiger partial charge in [0.2, 0.25) is 5.91 Å². The molecule has 0 aliphatic carbocycles. The van der Waals surface area contributed by atoms with Crippen molar-refractivity contribution in [2.24, 2.45) is 5.92 Å². The number of alkyl halides is 2. The van der Waals surface area contributed by atoms with Crippen LogP contribution in [0.3, 0.4) is 0 Å². The third-order valence-electron chi connectivity index (χ3n) is 3.22. The zero-order valence-corrected chi connectivity index (χ0v) is 8.64. The summed E-state index contributed by atoms with van der Waals surface area (Å²) in [5.74, 6) is -2.50. The van der Waals surface area contributed by atoms with Gasteiger partial charge >= 0.3 is 0 Å². The van der Waals surface area contributed by atoms with Crippen molar-refractivity contribution in [1.29, 1.82) is 0 Å². The highest BCUT2D eigenvalue weighted by atomic mass is 19.3. The number of amides is 1. The first-order chi connectivity index (χ1) is 7.08. The Balaban J connectivity index is 1.87. The maximum atomic E-state index is 12.9. The van der Waals surface area contributed by atoms with Crippen LogP contribution in [-0.2, 0) is 4.79 Å². The van der Waals surface area contributed by atoms with Gasteiger partial charge in [-0.05, 0) is 13.0 Å². The number of piperidine rings is 1. The summed E-state index contributed by atoms with van der Waals surface area (Å²) in [5.41, 5.74) is 0. The van der Waals surface area contributed by atoms with E-state index in [1.54, 1.807) is 4.90 Å². The molecule has 0 saturated carbocycles. The minimum atomic E-state index is -2.56. The molecule has 1 amide bonds. The van der Waals surface area contributed by atoms with E-state index in [0.29, 0.717) is 6.54 Å². The second kappa shape index (κ2) is 4.04. The first-order valence-corrected chi connectivity index (χ1v) is 5.46. The lowest BCUT2D eigenvalue weighted by molar-refractivity contribution is -0.140. The van der Waals surface area contributed by atoms with Crippen LogP contribution in [0, 0.1) is 5.92 Å². The number of nitrogens with one attached hydrogen (secondary N) is 1. The zero-order valence-electron chi connectivity index (χ0n) is 8.64. The molecule has 2 saturated heterocycles. The molecule has 1 N–H and O–H groups in total. The second-order valence-corrected chi connectivity index (χ2v) is 4.37. The molecule has 1 unspecified atom stereocenters. The summed E-state index contributed by atoms with van der Waals surface area (Å²) in [7, 11) is 0. The highest BCUT2D eigenvalue weighted by Crippen LogP contribution is 2.28. The molecule has 0 aromatic heterocycles. The summed E-state index contributed by atoms with van der Waals surface area (Å²) in [5, 5.41) is 3.11. The van der Waals surface area contributed by atoms with Gasteiger partial charge in [-0.1, -0.05) is 0 Å². The van der Waals surface area contributed by atoms with Crippen molar-refractivity contribution in [2.75, 3.05) is 26.2 Å². The molecule has 86 valence electrons. The van der Waals surface area contributed by atoms with Gasteiger partial charge in [0.25, 0.3) is 5.92 Å². The summed E-state index contributed by atoms with van der Waals surface area (Å²) in [6.45, 7) is 1.98. The molecule has 0 aromatic carbocycles. The summed E-state index contributed by atoms with van der Waals surface area (Å²) in [6.07, 6.45) is 0.476. The van der Waals surface area contributed by atoms with E-state index >= 15 is 0 Å². The summed E-state index contributed by atoms with van der Waals surface area (Å²) in [4.78, 5) is 13.4. The molecule has 1 atom stereocenters. The standard InChI is InChI=1S/C10H16F2N2O/c11-10(12)2-5-14(6-3-10)9(15)8-1-4-13-7-8/h8,13H,1-7H2. The number of carbonyl (C=O) groups excluding carboxylic acids is 1. The van der Waals surface area contributed by atoms with Crippen molar-refractivity contribution in [3.63, 3.8) is 0 Å². The number of hydrogen-bond acceptors (Lipinski definition) is 2. The minimum Gasteiger partial charge on any atom is -0.342 e. The number of carbonyl (C=O) groups is 1. The number of hydrogen-bond donors (Lipinski definition) is 1. The predicted octanol–water partition coefficient (Wildman–Crippen LogP) is 0.854. The van der Waals surface area contributed by atoms with Crippen LogP contribution in [0.15, 0.2) is 0 Å². The van der Waals surface area contributed by atoms with Crippen molar-refractivity contribution >= 4 is 5.91 Å². The quantitative estimate of drug-likeness (QED) is 0.707. The average molecular weight is 218 g/mol. The number of nitrogens with zero attached hydrogens (tertiary/aromatic N) is 1. The molecule has 2 rings (SSSR count). The Hall–Kier alpha value is -0.710. The lowest BCUT2D eigenvalue weighted by Crippen LogP contribution is -2.45. The van der Waals surface area contributed by atoms with Crippen molar-refractivity contribution in [1.82, 2.24) is 10.2 Å². The van der Waals surface area contributed by atoms with E-state index in [2.05, 4.69) is 5.32 Å². The first-order valence-electron chi connectivity index (χ1n) is 5.46. The molecule has 2 heterocycles. The van der Waals surface area contributed by atoms with Crippen LogP contribution in [-0.4, -0.2) is 42.9 Å². The maximum absolute atomic E-state index is 12.9. The zero-order chi connectivity index (χ0) is 10.9. The van der Waals surface area contributed by atoms with Gasteiger partial charge in [0, 0.05) is 32.5 Å². The lowest BCUT2D eigenvalue weighted by atomic mass is 10.0. The van der Waals surface area contributed by atoms with Gasteiger partial charge in [-0.25, -0.2) is 8.78 Å². The minimum absolute atomic E-state index is 0.0109. The van der Waals surface area contributed by atoms with E-state index in [1.807, 2.05) is 0 Å². The van der Waals surface area contributed by atoms with Crippen LogP contribution in [0.2, 0.25) is 0 Å². The Bertz CT molecular complexity index is 242. The van der Waals surface area contributed by atoms with Crippen LogP contribution >= 0.6 is 0 Å². The first kappa shape index (κ1) is 10.8. The van der Waals surface area contributed by atoms with E-state index in [1.165, 1.54) is 0 Å². The molecule has 0 spiro atoms. The SMILES string of the molecule is O=C(C1CCNC1)N1CCC(F)(F)CC1. The number of rotatable bonds is 1.